The smallest absolute Gasteiger partial charge is 0.458 e. The molecular formula is C14H20F2O8S. The molecule has 2 N–H and O–H groups in total. The van der Waals surface area contributed by atoms with Crippen LogP contribution in [0, 0.1) is 11.8 Å². The van der Waals surface area contributed by atoms with Crippen molar-refractivity contribution < 1.29 is 45.9 Å². The number of hydrogen-bond acceptors (Lipinski definition) is 7. The van der Waals surface area contributed by atoms with Crippen LogP contribution >= 0.6 is 0 Å². The molecule has 8 nitrogen and oxygen atoms in total. The predicted octanol–water partition coefficient (Wildman–Crippen LogP) is 0.881. The summed E-state index contributed by atoms with van der Waals surface area (Å²) in [7, 11) is -5.99. The normalized spacial score (nSPS) is 30.1. The highest BCUT2D eigenvalue weighted by molar-refractivity contribution is 7.87. The third-order valence-electron chi connectivity index (χ3n) is 5.18. The zero-order valence-corrected chi connectivity index (χ0v) is 14.5. The van der Waals surface area contributed by atoms with Crippen molar-refractivity contribution in [3.05, 3.63) is 0 Å². The number of alkyl halides is 2. The number of carbonyl (C=O) groups is 2. The number of fused-ring (bicyclic) bond motifs is 2. The molecule has 0 aromatic heterocycles. The summed E-state index contributed by atoms with van der Waals surface area (Å²) in [6.07, 6.45) is -1.83. The van der Waals surface area contributed by atoms with E-state index in [0.717, 1.165) is 0 Å². The van der Waals surface area contributed by atoms with Crippen LogP contribution in [0.1, 0.15) is 39.5 Å². The van der Waals surface area contributed by atoms with Crippen molar-refractivity contribution in [1.82, 2.24) is 0 Å². The molecule has 2 bridgehead atoms. The third kappa shape index (κ3) is 3.36. The van der Waals surface area contributed by atoms with Crippen LogP contribution < -0.4 is 0 Å². The van der Waals surface area contributed by atoms with Crippen LogP contribution in [0.5, 0.6) is 0 Å². The van der Waals surface area contributed by atoms with Crippen molar-refractivity contribution in [3.63, 3.8) is 0 Å². The van der Waals surface area contributed by atoms with Crippen molar-refractivity contribution in [3.8, 4) is 0 Å². The molecule has 2 rings (SSSR count). The second-order valence-corrected chi connectivity index (χ2v) is 7.87. The summed E-state index contributed by atoms with van der Waals surface area (Å²) in [5.41, 5.74) is -1.28. The van der Waals surface area contributed by atoms with Gasteiger partial charge in [0.15, 0.2) is 0 Å². The van der Waals surface area contributed by atoms with Gasteiger partial charge in [-0.2, -0.15) is 17.2 Å². The fourth-order valence-electron chi connectivity index (χ4n) is 3.56. The van der Waals surface area contributed by atoms with Gasteiger partial charge in [-0.1, -0.05) is 13.8 Å². The molecular weight excluding hydrogens is 366 g/mol. The van der Waals surface area contributed by atoms with Crippen LogP contribution in [-0.2, 0) is 29.2 Å². The Bertz CT molecular complexity index is 658. The molecule has 144 valence electrons. The number of hydrogen-bond donors (Lipinski definition) is 2. The molecule has 25 heavy (non-hydrogen) atoms. The van der Waals surface area contributed by atoms with Crippen molar-refractivity contribution >= 4 is 22.1 Å². The lowest BCUT2D eigenvalue weighted by atomic mass is 9.67. The zero-order chi connectivity index (χ0) is 19.2. The monoisotopic (exact) mass is 386 g/mol. The number of esters is 2. The molecule has 0 radical (unpaired) electrons. The third-order valence-corrected chi connectivity index (χ3v) is 5.99. The van der Waals surface area contributed by atoms with E-state index in [1.54, 1.807) is 13.8 Å². The molecule has 2 aliphatic rings. The number of carbonyl (C=O) groups excluding carboxylic acids is 2. The van der Waals surface area contributed by atoms with E-state index in [2.05, 4.69) is 4.74 Å². The summed E-state index contributed by atoms with van der Waals surface area (Å²) in [4.78, 5) is 23.5. The van der Waals surface area contributed by atoms with Gasteiger partial charge in [-0.15, -0.1) is 0 Å². The van der Waals surface area contributed by atoms with E-state index in [-0.39, 0.29) is 25.7 Å². The van der Waals surface area contributed by atoms with Gasteiger partial charge in [0.25, 0.3) is 0 Å². The molecule has 4 unspecified atom stereocenters. The lowest BCUT2D eigenvalue weighted by molar-refractivity contribution is -0.178. The number of aliphatic hydroxyl groups is 1. The largest absolute Gasteiger partial charge is 0.465 e. The first-order chi connectivity index (χ1) is 11.4. The summed E-state index contributed by atoms with van der Waals surface area (Å²) in [6, 6.07) is 0. The van der Waals surface area contributed by atoms with Crippen molar-refractivity contribution in [2.45, 2.75) is 62.6 Å². The van der Waals surface area contributed by atoms with E-state index in [1.165, 1.54) is 0 Å². The molecule has 1 saturated carbocycles. The Balaban J connectivity index is 2.25. The van der Waals surface area contributed by atoms with E-state index in [4.69, 9.17) is 9.29 Å². The van der Waals surface area contributed by atoms with Gasteiger partial charge in [0, 0.05) is 12.3 Å². The molecule has 1 heterocycles. The Hall–Kier alpha value is -1.33. The van der Waals surface area contributed by atoms with Crippen LogP contribution in [0.3, 0.4) is 0 Å². The lowest BCUT2D eigenvalue weighted by Crippen LogP contribution is -2.50. The van der Waals surface area contributed by atoms with Crippen molar-refractivity contribution in [1.29, 1.82) is 0 Å². The van der Waals surface area contributed by atoms with Crippen LogP contribution in [0.4, 0.5) is 8.78 Å². The first-order valence-corrected chi connectivity index (χ1v) is 9.30. The Labute approximate surface area is 143 Å². The van der Waals surface area contributed by atoms with Crippen molar-refractivity contribution in [2.24, 2.45) is 11.8 Å². The van der Waals surface area contributed by atoms with Gasteiger partial charge in [-0.25, -0.2) is 4.79 Å². The Kier molecular flexibility index (Phi) is 5.15. The van der Waals surface area contributed by atoms with Crippen LogP contribution in [-0.4, -0.2) is 53.1 Å². The maximum absolute atomic E-state index is 13.4. The molecule has 2 fully saturated rings. The molecule has 0 spiro atoms. The highest BCUT2D eigenvalue weighted by atomic mass is 32.2. The average Bonchev–Trinajstić information content (AvgIpc) is 2.85. The fraction of sp³-hybridized carbons (Fsp3) is 0.857. The van der Waals surface area contributed by atoms with Crippen LogP contribution in [0.2, 0.25) is 0 Å². The lowest BCUT2D eigenvalue weighted by Gasteiger charge is -2.41. The summed E-state index contributed by atoms with van der Waals surface area (Å²) in [5.74, 6) is -4.40. The van der Waals surface area contributed by atoms with E-state index < -0.39 is 57.0 Å². The van der Waals surface area contributed by atoms with Crippen LogP contribution in [0.15, 0.2) is 0 Å². The van der Waals surface area contributed by atoms with Crippen molar-refractivity contribution in [2.75, 3.05) is 0 Å². The summed E-state index contributed by atoms with van der Waals surface area (Å²) in [5, 5.41) is 5.57. The average molecular weight is 386 g/mol. The molecule has 0 aromatic carbocycles. The molecule has 1 aliphatic heterocycles. The maximum Gasteiger partial charge on any atom is 0.465 e. The summed E-state index contributed by atoms with van der Waals surface area (Å²) < 4.78 is 66.1. The Morgan fingerprint density at radius 1 is 1.32 bits per heavy atom. The minimum atomic E-state index is -5.99. The Morgan fingerprint density at radius 2 is 1.88 bits per heavy atom. The summed E-state index contributed by atoms with van der Waals surface area (Å²) >= 11 is 0. The first kappa shape index (κ1) is 20.0. The van der Waals surface area contributed by atoms with E-state index in [1.807, 2.05) is 0 Å². The topological polar surface area (TPSA) is 127 Å². The predicted molar refractivity (Wildman–Crippen MR) is 78.0 cm³/mol. The highest BCUT2D eigenvalue weighted by Gasteiger charge is 2.59. The Morgan fingerprint density at radius 3 is 2.36 bits per heavy atom. The first-order valence-electron chi connectivity index (χ1n) is 7.86. The highest BCUT2D eigenvalue weighted by Crippen LogP contribution is 2.47. The van der Waals surface area contributed by atoms with Gasteiger partial charge < -0.3 is 14.6 Å². The molecule has 11 heteroatoms. The summed E-state index contributed by atoms with van der Waals surface area (Å²) in [6.45, 7) is 3.40. The molecule has 1 saturated heterocycles. The zero-order valence-electron chi connectivity index (χ0n) is 13.6. The minimum absolute atomic E-state index is 0.0706. The fourth-order valence-corrected chi connectivity index (χ4v) is 3.82. The maximum atomic E-state index is 13.4. The second-order valence-electron chi connectivity index (χ2n) is 6.41. The van der Waals surface area contributed by atoms with Gasteiger partial charge in [0.05, 0.1) is 11.5 Å². The number of halogens is 2. The SMILES string of the molecule is CCC(O)(CC)C1CC(OC(=O)C(F)(F)S(=O)(=O)O)C2CC1C(=O)O2. The van der Waals surface area contributed by atoms with E-state index >= 15 is 0 Å². The second kappa shape index (κ2) is 6.44. The quantitative estimate of drug-likeness (QED) is 0.509. The molecule has 0 amide bonds. The van der Waals surface area contributed by atoms with Gasteiger partial charge in [0.2, 0.25) is 0 Å². The van der Waals surface area contributed by atoms with Gasteiger partial charge in [-0.05, 0) is 19.3 Å². The standard InChI is InChI=1S/C14H20F2O8S/c1-3-13(19,4-2)8-6-10(9-5-7(8)11(17)23-9)24-12(18)14(15,16)25(20,21)22/h7-10,19H,3-6H2,1-2H3,(H,20,21,22). The minimum Gasteiger partial charge on any atom is -0.458 e. The van der Waals surface area contributed by atoms with Gasteiger partial charge in [-0.3, -0.25) is 9.35 Å². The van der Waals surface area contributed by atoms with E-state index in [9.17, 15) is 31.9 Å². The van der Waals surface area contributed by atoms with E-state index in [0.29, 0.717) is 0 Å². The number of rotatable bonds is 6. The van der Waals surface area contributed by atoms with Gasteiger partial charge >= 0.3 is 27.3 Å². The van der Waals surface area contributed by atoms with Crippen LogP contribution in [0.25, 0.3) is 0 Å². The molecule has 1 aliphatic carbocycles. The molecule has 4 atom stereocenters. The number of ether oxygens (including phenoxy) is 2. The molecule has 0 aromatic rings. The van der Waals surface area contributed by atoms with Gasteiger partial charge in [0.1, 0.15) is 12.2 Å².